The summed E-state index contributed by atoms with van der Waals surface area (Å²) in [6.45, 7) is 8.75. The second-order valence-electron chi connectivity index (χ2n) is 7.53. The zero-order valence-corrected chi connectivity index (χ0v) is 14.6. The molecule has 21 heavy (non-hydrogen) atoms. The quantitative estimate of drug-likeness (QED) is 0.720. The van der Waals surface area contributed by atoms with Crippen LogP contribution >= 0.6 is 0 Å². The lowest BCUT2D eigenvalue weighted by Crippen LogP contribution is -2.55. The number of rotatable bonds is 7. The standard InChI is InChI=1S/C19H37NO/c1-4-20-18(15-17-9-7-6-8-10-17)19(21-5-2)13-11-16(3)12-14-19/h16-18,20H,4-15H2,1-3H3. The van der Waals surface area contributed by atoms with Gasteiger partial charge in [0.25, 0.3) is 0 Å². The van der Waals surface area contributed by atoms with E-state index in [0.717, 1.165) is 25.0 Å². The van der Waals surface area contributed by atoms with Crippen LogP contribution in [0.2, 0.25) is 0 Å². The van der Waals surface area contributed by atoms with E-state index in [2.05, 4.69) is 26.1 Å². The molecule has 124 valence electrons. The summed E-state index contributed by atoms with van der Waals surface area (Å²) in [6.07, 6.45) is 13.8. The minimum atomic E-state index is 0.120. The van der Waals surface area contributed by atoms with Crippen LogP contribution in [0.25, 0.3) is 0 Å². The normalized spacial score (nSPS) is 33.0. The topological polar surface area (TPSA) is 21.3 Å². The molecule has 0 saturated heterocycles. The van der Waals surface area contributed by atoms with E-state index in [1.165, 1.54) is 64.2 Å². The maximum absolute atomic E-state index is 6.41. The second kappa shape index (κ2) is 8.53. The van der Waals surface area contributed by atoms with E-state index in [9.17, 15) is 0 Å². The largest absolute Gasteiger partial charge is 0.374 e. The molecule has 2 nitrogen and oxygen atoms in total. The van der Waals surface area contributed by atoms with Crippen molar-refractivity contribution in [3.05, 3.63) is 0 Å². The Morgan fingerprint density at radius 1 is 1.05 bits per heavy atom. The van der Waals surface area contributed by atoms with E-state index >= 15 is 0 Å². The highest BCUT2D eigenvalue weighted by Crippen LogP contribution is 2.40. The number of ether oxygens (including phenoxy) is 1. The van der Waals surface area contributed by atoms with Gasteiger partial charge in [-0.25, -0.2) is 0 Å². The summed E-state index contributed by atoms with van der Waals surface area (Å²) in [5.41, 5.74) is 0.120. The first-order chi connectivity index (χ1) is 10.2. The molecule has 0 aromatic rings. The molecule has 0 aromatic heterocycles. The third kappa shape index (κ3) is 4.69. The summed E-state index contributed by atoms with van der Waals surface area (Å²) < 4.78 is 6.41. The van der Waals surface area contributed by atoms with E-state index in [4.69, 9.17) is 4.74 Å². The fourth-order valence-corrected chi connectivity index (χ4v) is 4.62. The summed E-state index contributed by atoms with van der Waals surface area (Å²) in [7, 11) is 0. The minimum absolute atomic E-state index is 0.120. The summed E-state index contributed by atoms with van der Waals surface area (Å²) >= 11 is 0. The SMILES string of the molecule is CCNC(CC1CCCCC1)C1(OCC)CCC(C)CC1. The van der Waals surface area contributed by atoms with Crippen LogP contribution in [0.1, 0.15) is 85.0 Å². The van der Waals surface area contributed by atoms with Crippen LogP contribution in [0.15, 0.2) is 0 Å². The first kappa shape index (κ1) is 17.3. The van der Waals surface area contributed by atoms with E-state index in [-0.39, 0.29) is 5.60 Å². The van der Waals surface area contributed by atoms with Crippen molar-refractivity contribution in [2.75, 3.05) is 13.2 Å². The Hall–Kier alpha value is -0.0800. The zero-order valence-electron chi connectivity index (χ0n) is 14.6. The number of hydrogen-bond acceptors (Lipinski definition) is 2. The average Bonchev–Trinajstić information content (AvgIpc) is 2.51. The summed E-state index contributed by atoms with van der Waals surface area (Å²) in [4.78, 5) is 0. The van der Waals surface area contributed by atoms with Crippen molar-refractivity contribution in [3.63, 3.8) is 0 Å². The average molecular weight is 296 g/mol. The van der Waals surface area contributed by atoms with Crippen molar-refractivity contribution in [3.8, 4) is 0 Å². The first-order valence-corrected chi connectivity index (χ1v) is 9.57. The molecule has 2 heteroatoms. The predicted octanol–water partition coefficient (Wildman–Crippen LogP) is 4.92. The van der Waals surface area contributed by atoms with Gasteiger partial charge in [-0.1, -0.05) is 46.0 Å². The fraction of sp³-hybridized carbons (Fsp3) is 1.00. The molecule has 1 unspecified atom stereocenters. The van der Waals surface area contributed by atoms with Gasteiger partial charge in [-0.2, -0.15) is 0 Å². The van der Waals surface area contributed by atoms with E-state index in [0.29, 0.717) is 6.04 Å². The van der Waals surface area contributed by atoms with Gasteiger partial charge in [0, 0.05) is 12.6 Å². The monoisotopic (exact) mass is 295 g/mol. The lowest BCUT2D eigenvalue weighted by molar-refractivity contribution is -0.101. The van der Waals surface area contributed by atoms with Crippen molar-refractivity contribution < 1.29 is 4.74 Å². The molecule has 1 atom stereocenters. The maximum atomic E-state index is 6.41. The summed E-state index contributed by atoms with van der Waals surface area (Å²) in [6, 6.07) is 0.568. The highest BCUT2D eigenvalue weighted by Gasteiger charge is 2.42. The van der Waals surface area contributed by atoms with Crippen molar-refractivity contribution in [1.29, 1.82) is 0 Å². The van der Waals surface area contributed by atoms with Crippen LogP contribution in [0.5, 0.6) is 0 Å². The van der Waals surface area contributed by atoms with Crippen molar-refractivity contribution in [2.45, 2.75) is 96.6 Å². The molecule has 2 saturated carbocycles. The highest BCUT2D eigenvalue weighted by atomic mass is 16.5. The van der Waals surface area contributed by atoms with Gasteiger partial charge < -0.3 is 10.1 Å². The molecule has 2 rings (SSSR count). The Kier molecular flexibility index (Phi) is 7.01. The molecule has 0 aliphatic heterocycles. The molecule has 2 fully saturated rings. The van der Waals surface area contributed by atoms with Crippen molar-refractivity contribution >= 4 is 0 Å². The maximum Gasteiger partial charge on any atom is 0.0834 e. The predicted molar refractivity (Wildman–Crippen MR) is 90.6 cm³/mol. The van der Waals surface area contributed by atoms with Crippen LogP contribution in [0.4, 0.5) is 0 Å². The van der Waals surface area contributed by atoms with Crippen LogP contribution < -0.4 is 5.32 Å². The number of hydrogen-bond donors (Lipinski definition) is 1. The third-order valence-corrected chi connectivity index (χ3v) is 5.93. The Balaban J connectivity index is 2.03. The van der Waals surface area contributed by atoms with Gasteiger partial charge in [0.1, 0.15) is 0 Å². The van der Waals surface area contributed by atoms with E-state index < -0.39 is 0 Å². The molecular weight excluding hydrogens is 258 g/mol. The Bertz CT molecular complexity index is 277. The molecule has 0 radical (unpaired) electrons. The van der Waals surface area contributed by atoms with E-state index in [1.807, 2.05) is 0 Å². The first-order valence-electron chi connectivity index (χ1n) is 9.57. The Labute approximate surface area is 132 Å². The van der Waals surface area contributed by atoms with Gasteiger partial charge in [0.15, 0.2) is 0 Å². The molecule has 2 aliphatic rings. The van der Waals surface area contributed by atoms with E-state index in [1.54, 1.807) is 0 Å². The van der Waals surface area contributed by atoms with Crippen LogP contribution in [-0.2, 0) is 4.74 Å². The smallest absolute Gasteiger partial charge is 0.0834 e. The summed E-state index contributed by atoms with van der Waals surface area (Å²) in [5.74, 6) is 1.81. The van der Waals surface area contributed by atoms with Gasteiger partial charge in [0.05, 0.1) is 5.60 Å². The Morgan fingerprint density at radius 2 is 1.71 bits per heavy atom. The Morgan fingerprint density at radius 3 is 2.29 bits per heavy atom. The van der Waals surface area contributed by atoms with Crippen molar-refractivity contribution in [2.24, 2.45) is 11.8 Å². The molecule has 2 aliphatic carbocycles. The van der Waals surface area contributed by atoms with Crippen molar-refractivity contribution in [1.82, 2.24) is 5.32 Å². The van der Waals surface area contributed by atoms with Gasteiger partial charge in [-0.3, -0.25) is 0 Å². The zero-order chi connectivity index (χ0) is 15.1. The molecule has 0 heterocycles. The van der Waals surface area contributed by atoms with Crippen LogP contribution in [-0.4, -0.2) is 24.8 Å². The van der Waals surface area contributed by atoms with Gasteiger partial charge >= 0.3 is 0 Å². The minimum Gasteiger partial charge on any atom is -0.374 e. The number of nitrogens with one attached hydrogen (secondary N) is 1. The fourth-order valence-electron chi connectivity index (χ4n) is 4.62. The molecule has 0 aromatic carbocycles. The molecule has 1 N–H and O–H groups in total. The lowest BCUT2D eigenvalue weighted by Gasteiger charge is -2.46. The molecule has 0 amide bonds. The van der Waals surface area contributed by atoms with Gasteiger partial charge in [-0.15, -0.1) is 0 Å². The number of likely N-dealkylation sites (N-methyl/N-ethyl adjacent to an activating group) is 1. The molecular formula is C19H37NO. The highest BCUT2D eigenvalue weighted by molar-refractivity contribution is 4.97. The third-order valence-electron chi connectivity index (χ3n) is 5.93. The van der Waals surface area contributed by atoms with Gasteiger partial charge in [0.2, 0.25) is 0 Å². The van der Waals surface area contributed by atoms with Crippen LogP contribution in [0.3, 0.4) is 0 Å². The summed E-state index contributed by atoms with van der Waals surface area (Å²) in [5, 5.41) is 3.82. The van der Waals surface area contributed by atoms with Crippen LogP contribution in [0, 0.1) is 11.8 Å². The molecule has 0 spiro atoms. The van der Waals surface area contributed by atoms with Gasteiger partial charge in [-0.05, 0) is 57.4 Å². The molecule has 0 bridgehead atoms. The second-order valence-corrected chi connectivity index (χ2v) is 7.53. The lowest BCUT2D eigenvalue weighted by atomic mass is 9.71.